The Morgan fingerprint density at radius 1 is 1.75 bits per heavy atom. The molecule has 0 fully saturated rings. The van der Waals surface area contributed by atoms with Gasteiger partial charge in [0.1, 0.15) is 0 Å². The van der Waals surface area contributed by atoms with Gasteiger partial charge in [-0.1, -0.05) is 12.5 Å². The lowest BCUT2D eigenvalue weighted by Gasteiger charge is -2.13. The summed E-state index contributed by atoms with van der Waals surface area (Å²) in [5.74, 6) is 2.71. The zero-order valence-corrected chi connectivity index (χ0v) is 7.41. The third-order valence-corrected chi connectivity index (χ3v) is 1.87. The van der Waals surface area contributed by atoms with Crippen molar-refractivity contribution in [1.82, 2.24) is 9.78 Å². The van der Waals surface area contributed by atoms with Crippen LogP contribution >= 0.6 is 0 Å². The molecule has 0 radical (unpaired) electrons. The average Bonchev–Trinajstić information content (AvgIpc) is 2.52. The average molecular weight is 160 g/mol. The van der Waals surface area contributed by atoms with E-state index in [2.05, 4.69) is 17.6 Å². The third-order valence-electron chi connectivity index (χ3n) is 1.87. The number of hydrogen-bond donors (Lipinski definition) is 0. The minimum atomic E-state index is -0.249. The van der Waals surface area contributed by atoms with Gasteiger partial charge in [-0.05, 0) is 13.8 Å². The van der Waals surface area contributed by atoms with Gasteiger partial charge < -0.3 is 0 Å². The van der Waals surface area contributed by atoms with Crippen molar-refractivity contribution >= 4 is 6.20 Å². The molecule has 1 aromatic heterocycles. The monoisotopic (exact) mass is 160 g/mol. The van der Waals surface area contributed by atoms with Crippen LogP contribution in [0.4, 0.5) is 0 Å². The van der Waals surface area contributed by atoms with E-state index in [4.69, 9.17) is 6.42 Å². The van der Waals surface area contributed by atoms with E-state index in [-0.39, 0.29) is 5.41 Å². The predicted molar refractivity (Wildman–Crippen MR) is 50.5 cm³/mol. The second-order valence-corrected chi connectivity index (χ2v) is 3.16. The molecule has 0 saturated heterocycles. The van der Waals surface area contributed by atoms with Gasteiger partial charge in [0.2, 0.25) is 0 Å². The van der Waals surface area contributed by atoms with Crippen LogP contribution in [0.25, 0.3) is 6.20 Å². The highest BCUT2D eigenvalue weighted by molar-refractivity contribution is 5.30. The number of rotatable bonds is 2. The molecule has 0 aliphatic carbocycles. The van der Waals surface area contributed by atoms with E-state index in [9.17, 15) is 0 Å². The van der Waals surface area contributed by atoms with E-state index >= 15 is 0 Å². The van der Waals surface area contributed by atoms with Gasteiger partial charge in [-0.25, -0.2) is 4.68 Å². The summed E-state index contributed by atoms with van der Waals surface area (Å²) in [6.07, 6.45) is 10.7. The van der Waals surface area contributed by atoms with Crippen molar-refractivity contribution in [2.45, 2.75) is 19.3 Å². The lowest BCUT2D eigenvalue weighted by molar-refractivity contribution is 0.699. The fraction of sp³-hybridized carbons (Fsp3) is 0.300. The molecule has 0 saturated carbocycles. The standard InChI is InChI=1S/C10H12N2/c1-5-10(3,4)9-7-11-12(6-2)8-9/h1,6-8H,2H2,3-4H3. The number of hydrogen-bond acceptors (Lipinski definition) is 1. The van der Waals surface area contributed by atoms with Crippen LogP contribution in [0.3, 0.4) is 0 Å². The maximum absolute atomic E-state index is 5.38. The van der Waals surface area contributed by atoms with Gasteiger partial charge in [0.05, 0.1) is 11.6 Å². The van der Waals surface area contributed by atoms with E-state index < -0.39 is 0 Å². The summed E-state index contributed by atoms with van der Waals surface area (Å²) in [5, 5.41) is 4.05. The first kappa shape index (κ1) is 8.61. The van der Waals surface area contributed by atoms with Gasteiger partial charge in [-0.15, -0.1) is 6.42 Å². The summed E-state index contributed by atoms with van der Waals surface area (Å²) in [7, 11) is 0. The topological polar surface area (TPSA) is 17.8 Å². The molecule has 0 bridgehead atoms. The minimum absolute atomic E-state index is 0.249. The van der Waals surface area contributed by atoms with Crippen LogP contribution in [0, 0.1) is 12.3 Å². The molecule has 0 aliphatic rings. The Hall–Kier alpha value is -1.49. The highest BCUT2D eigenvalue weighted by atomic mass is 15.2. The molecule has 0 amide bonds. The largest absolute Gasteiger partial charge is 0.249 e. The van der Waals surface area contributed by atoms with Crippen molar-refractivity contribution in [3.05, 3.63) is 24.5 Å². The molecule has 12 heavy (non-hydrogen) atoms. The third kappa shape index (κ3) is 1.40. The molecule has 2 nitrogen and oxygen atoms in total. The highest BCUT2D eigenvalue weighted by Gasteiger charge is 2.18. The van der Waals surface area contributed by atoms with E-state index in [1.165, 1.54) is 0 Å². The van der Waals surface area contributed by atoms with E-state index in [0.29, 0.717) is 0 Å². The van der Waals surface area contributed by atoms with E-state index in [0.717, 1.165) is 5.56 Å². The molecular weight excluding hydrogens is 148 g/mol. The first-order valence-corrected chi connectivity index (χ1v) is 3.75. The fourth-order valence-corrected chi connectivity index (χ4v) is 0.844. The van der Waals surface area contributed by atoms with Crippen LogP contribution in [0.5, 0.6) is 0 Å². The number of terminal acetylenes is 1. The molecule has 1 aromatic rings. The van der Waals surface area contributed by atoms with Crippen LogP contribution in [-0.2, 0) is 5.41 Å². The first-order chi connectivity index (χ1) is 5.60. The van der Waals surface area contributed by atoms with Gasteiger partial charge in [-0.3, -0.25) is 0 Å². The highest BCUT2D eigenvalue weighted by Crippen LogP contribution is 2.20. The summed E-state index contributed by atoms with van der Waals surface area (Å²) in [5.41, 5.74) is 0.784. The Labute approximate surface area is 72.9 Å². The van der Waals surface area contributed by atoms with Crippen molar-refractivity contribution in [3.8, 4) is 12.3 Å². The predicted octanol–water partition coefficient (Wildman–Crippen LogP) is 1.89. The van der Waals surface area contributed by atoms with Crippen molar-refractivity contribution in [3.63, 3.8) is 0 Å². The normalized spacial score (nSPS) is 10.8. The smallest absolute Gasteiger partial charge is 0.0541 e. The Morgan fingerprint density at radius 3 is 2.83 bits per heavy atom. The van der Waals surface area contributed by atoms with Crippen molar-refractivity contribution in [2.24, 2.45) is 0 Å². The Bertz CT molecular complexity index is 326. The number of nitrogens with zero attached hydrogens (tertiary/aromatic N) is 2. The van der Waals surface area contributed by atoms with Crippen LogP contribution < -0.4 is 0 Å². The van der Waals surface area contributed by atoms with Gasteiger partial charge in [0.15, 0.2) is 0 Å². The first-order valence-electron chi connectivity index (χ1n) is 3.75. The quantitative estimate of drug-likeness (QED) is 0.604. The van der Waals surface area contributed by atoms with Crippen LogP contribution in [0.1, 0.15) is 19.4 Å². The summed E-state index contributed by atoms with van der Waals surface area (Å²) in [6.45, 7) is 7.57. The van der Waals surface area contributed by atoms with Crippen LogP contribution in [-0.4, -0.2) is 9.78 Å². The summed E-state index contributed by atoms with van der Waals surface area (Å²) in [6, 6.07) is 0. The second kappa shape index (κ2) is 2.86. The van der Waals surface area contributed by atoms with Crippen LogP contribution in [0.15, 0.2) is 19.0 Å². The van der Waals surface area contributed by atoms with Crippen LogP contribution in [0.2, 0.25) is 0 Å². The fourth-order valence-electron chi connectivity index (χ4n) is 0.844. The SMILES string of the molecule is C#CC(C)(C)c1cnn(C=C)c1. The maximum atomic E-state index is 5.38. The molecule has 2 heteroatoms. The molecule has 1 rings (SSSR count). The Kier molecular flexibility index (Phi) is 2.05. The van der Waals surface area contributed by atoms with E-state index in [1.54, 1.807) is 17.1 Å². The second-order valence-electron chi connectivity index (χ2n) is 3.16. The van der Waals surface area contributed by atoms with Crippen molar-refractivity contribution < 1.29 is 0 Å². The van der Waals surface area contributed by atoms with Crippen molar-refractivity contribution in [1.29, 1.82) is 0 Å². The van der Waals surface area contributed by atoms with Gasteiger partial charge in [0.25, 0.3) is 0 Å². The van der Waals surface area contributed by atoms with Gasteiger partial charge >= 0.3 is 0 Å². The summed E-state index contributed by atoms with van der Waals surface area (Å²) >= 11 is 0. The molecule has 0 spiro atoms. The Morgan fingerprint density at radius 2 is 2.42 bits per heavy atom. The van der Waals surface area contributed by atoms with Crippen molar-refractivity contribution in [2.75, 3.05) is 0 Å². The molecule has 62 valence electrons. The lowest BCUT2D eigenvalue weighted by atomic mass is 9.88. The minimum Gasteiger partial charge on any atom is -0.249 e. The Balaban J connectivity index is 3.05. The van der Waals surface area contributed by atoms with Gasteiger partial charge in [0, 0.05) is 18.0 Å². The van der Waals surface area contributed by atoms with E-state index in [1.807, 2.05) is 20.0 Å². The number of aromatic nitrogens is 2. The molecule has 0 unspecified atom stereocenters. The molecule has 1 heterocycles. The lowest BCUT2D eigenvalue weighted by Crippen LogP contribution is -2.12. The zero-order valence-electron chi connectivity index (χ0n) is 7.41. The summed E-state index contributed by atoms with van der Waals surface area (Å²) < 4.78 is 1.65. The molecule has 0 atom stereocenters. The maximum Gasteiger partial charge on any atom is 0.0541 e. The molecule has 0 N–H and O–H groups in total. The molecular formula is C10H12N2. The summed E-state index contributed by atoms with van der Waals surface area (Å²) in [4.78, 5) is 0. The zero-order chi connectivity index (χ0) is 9.19. The molecule has 0 aromatic carbocycles. The molecule has 0 aliphatic heterocycles. The van der Waals surface area contributed by atoms with Gasteiger partial charge in [-0.2, -0.15) is 5.10 Å².